The van der Waals surface area contributed by atoms with Crippen molar-refractivity contribution in [3.63, 3.8) is 0 Å². The highest BCUT2D eigenvalue weighted by Gasteiger charge is 2.37. The first-order chi connectivity index (χ1) is 13.7. The molecule has 11 nitrogen and oxygen atoms in total. The Kier molecular flexibility index (Phi) is 6.33. The number of rotatable bonds is 7. The molecule has 2 aromatic heterocycles. The fraction of sp³-hybridized carbons (Fsp3) is 0.529. The summed E-state index contributed by atoms with van der Waals surface area (Å²) in [5.41, 5.74) is 0.607. The van der Waals surface area contributed by atoms with Crippen LogP contribution in [-0.2, 0) is 21.2 Å². The Labute approximate surface area is 168 Å². The summed E-state index contributed by atoms with van der Waals surface area (Å²) in [4.78, 5) is 28.2. The predicted octanol–water partition coefficient (Wildman–Crippen LogP) is -0.299. The summed E-state index contributed by atoms with van der Waals surface area (Å²) >= 11 is 0. The Hall–Kier alpha value is -2.73. The zero-order valence-electron chi connectivity index (χ0n) is 16.3. The van der Waals surface area contributed by atoms with Crippen molar-refractivity contribution in [2.24, 2.45) is 0 Å². The van der Waals surface area contributed by atoms with Gasteiger partial charge < -0.3 is 19.6 Å². The molecule has 158 valence electrons. The van der Waals surface area contributed by atoms with Crippen LogP contribution in [0.1, 0.15) is 16.9 Å². The van der Waals surface area contributed by atoms with Crippen molar-refractivity contribution < 1.29 is 22.5 Å². The minimum Gasteiger partial charge on any atom is -0.364 e. The zero-order chi connectivity index (χ0) is 21.0. The monoisotopic (exact) mass is 424 g/mol. The molecular formula is C17H24N6O5S. The van der Waals surface area contributed by atoms with Crippen molar-refractivity contribution in [3.05, 3.63) is 30.4 Å². The third kappa shape index (κ3) is 5.41. The van der Waals surface area contributed by atoms with E-state index in [2.05, 4.69) is 20.1 Å². The number of nitrogens with zero attached hydrogens (tertiary/aromatic N) is 5. The molecule has 2 aromatic rings. The van der Waals surface area contributed by atoms with E-state index in [0.29, 0.717) is 12.2 Å². The average Bonchev–Trinajstić information content (AvgIpc) is 3.33. The third-order valence-corrected chi connectivity index (χ3v) is 6.71. The number of anilines is 1. The standard InChI is InChI=1S/C17H24N6O5S/c1-21(2)4-5-23-11-13(10-18-23)19-16(24)9-14-12-22(6-8-29(14,26)27)17(25)15-3-7-28-20-15/h3,7,10-11,14H,4-6,8-9,12H2,1-2H3,(H,19,24). The number of hydrogen-bond acceptors (Lipinski definition) is 8. The van der Waals surface area contributed by atoms with E-state index in [0.717, 1.165) is 6.54 Å². The second-order valence-corrected chi connectivity index (χ2v) is 9.57. The fourth-order valence-corrected chi connectivity index (χ4v) is 4.61. The second-order valence-electron chi connectivity index (χ2n) is 7.17. The summed E-state index contributed by atoms with van der Waals surface area (Å²) < 4.78 is 31.2. The van der Waals surface area contributed by atoms with Crippen molar-refractivity contribution in [2.75, 3.05) is 44.8 Å². The summed E-state index contributed by atoms with van der Waals surface area (Å²) in [6.45, 7) is 1.46. The average molecular weight is 424 g/mol. The molecule has 12 heteroatoms. The highest BCUT2D eigenvalue weighted by molar-refractivity contribution is 7.92. The van der Waals surface area contributed by atoms with Gasteiger partial charge in [0.15, 0.2) is 15.5 Å². The maximum Gasteiger partial charge on any atom is 0.276 e. The van der Waals surface area contributed by atoms with E-state index in [1.807, 2.05) is 19.0 Å². The summed E-state index contributed by atoms with van der Waals surface area (Å²) in [5, 5.41) is 9.46. The van der Waals surface area contributed by atoms with Gasteiger partial charge in [-0.05, 0) is 14.1 Å². The number of nitrogens with one attached hydrogen (secondary N) is 1. The van der Waals surface area contributed by atoms with Gasteiger partial charge in [0.25, 0.3) is 5.91 Å². The van der Waals surface area contributed by atoms with E-state index in [-0.39, 0.29) is 31.0 Å². The maximum absolute atomic E-state index is 12.4. The second kappa shape index (κ2) is 8.74. The first kappa shape index (κ1) is 21.0. The van der Waals surface area contributed by atoms with E-state index in [1.54, 1.807) is 10.9 Å². The number of aromatic nitrogens is 3. The van der Waals surface area contributed by atoms with Gasteiger partial charge in [0, 0.05) is 38.3 Å². The molecule has 2 amide bonds. The number of carbonyl (C=O) groups excluding carboxylic acids is 2. The summed E-state index contributed by atoms with van der Waals surface area (Å²) in [7, 11) is 0.420. The lowest BCUT2D eigenvalue weighted by molar-refractivity contribution is -0.116. The lowest BCUT2D eigenvalue weighted by atomic mass is 10.2. The first-order valence-corrected chi connectivity index (χ1v) is 10.8. The van der Waals surface area contributed by atoms with Crippen molar-refractivity contribution >= 4 is 27.3 Å². The van der Waals surface area contributed by atoms with Gasteiger partial charge in [-0.1, -0.05) is 5.16 Å². The number of hydrogen-bond donors (Lipinski definition) is 1. The van der Waals surface area contributed by atoms with Crippen LogP contribution >= 0.6 is 0 Å². The van der Waals surface area contributed by atoms with Gasteiger partial charge in [-0.3, -0.25) is 14.3 Å². The lowest BCUT2D eigenvalue weighted by Gasteiger charge is -2.31. The molecule has 1 aliphatic rings. The minimum atomic E-state index is -3.48. The number of sulfone groups is 1. The Morgan fingerprint density at radius 3 is 2.86 bits per heavy atom. The van der Waals surface area contributed by atoms with Crippen molar-refractivity contribution in [3.8, 4) is 0 Å². The van der Waals surface area contributed by atoms with E-state index in [1.165, 1.54) is 23.4 Å². The molecule has 0 spiro atoms. The van der Waals surface area contributed by atoms with E-state index in [4.69, 9.17) is 0 Å². The van der Waals surface area contributed by atoms with Crippen LogP contribution < -0.4 is 5.32 Å². The van der Waals surface area contributed by atoms with Crippen LogP contribution in [0.3, 0.4) is 0 Å². The van der Waals surface area contributed by atoms with Crippen LogP contribution in [0.15, 0.2) is 29.2 Å². The molecule has 1 unspecified atom stereocenters. The molecule has 29 heavy (non-hydrogen) atoms. The molecule has 0 aromatic carbocycles. The summed E-state index contributed by atoms with van der Waals surface area (Å²) in [6.07, 6.45) is 4.24. The topological polar surface area (TPSA) is 131 Å². The van der Waals surface area contributed by atoms with Crippen LogP contribution in [-0.4, -0.2) is 89.7 Å². The normalized spacial score (nSPS) is 18.7. The Balaban J connectivity index is 1.59. The molecule has 1 fully saturated rings. The number of amides is 2. The molecule has 1 N–H and O–H groups in total. The largest absolute Gasteiger partial charge is 0.364 e. The van der Waals surface area contributed by atoms with E-state index in [9.17, 15) is 18.0 Å². The molecule has 0 aliphatic carbocycles. The smallest absolute Gasteiger partial charge is 0.276 e. The minimum absolute atomic E-state index is 0.0603. The molecule has 3 rings (SSSR count). The van der Waals surface area contributed by atoms with Gasteiger partial charge >= 0.3 is 0 Å². The molecule has 1 atom stereocenters. The Morgan fingerprint density at radius 1 is 1.38 bits per heavy atom. The van der Waals surface area contributed by atoms with Crippen LogP contribution in [0, 0.1) is 0 Å². The number of likely N-dealkylation sites (N-methyl/N-ethyl adjacent to an activating group) is 1. The van der Waals surface area contributed by atoms with Crippen LogP contribution in [0.2, 0.25) is 0 Å². The molecule has 0 radical (unpaired) electrons. The van der Waals surface area contributed by atoms with Gasteiger partial charge in [0.05, 0.1) is 29.4 Å². The maximum atomic E-state index is 12.4. The van der Waals surface area contributed by atoms with Gasteiger partial charge in [-0.15, -0.1) is 0 Å². The summed E-state index contributed by atoms with van der Waals surface area (Å²) in [6, 6.07) is 1.42. The fourth-order valence-electron chi connectivity index (χ4n) is 2.99. The summed E-state index contributed by atoms with van der Waals surface area (Å²) in [5.74, 6) is -1.06. The van der Waals surface area contributed by atoms with Gasteiger partial charge in [0.2, 0.25) is 5.91 Å². The third-order valence-electron chi connectivity index (χ3n) is 4.63. The predicted molar refractivity (Wildman–Crippen MR) is 104 cm³/mol. The van der Waals surface area contributed by atoms with E-state index >= 15 is 0 Å². The van der Waals surface area contributed by atoms with Crippen molar-refractivity contribution in [1.82, 2.24) is 24.7 Å². The van der Waals surface area contributed by atoms with Crippen molar-refractivity contribution in [2.45, 2.75) is 18.2 Å². The van der Waals surface area contributed by atoms with Crippen LogP contribution in [0.25, 0.3) is 0 Å². The van der Waals surface area contributed by atoms with Crippen LogP contribution in [0.4, 0.5) is 5.69 Å². The van der Waals surface area contributed by atoms with Crippen LogP contribution in [0.5, 0.6) is 0 Å². The van der Waals surface area contributed by atoms with Gasteiger partial charge in [-0.2, -0.15) is 5.10 Å². The highest BCUT2D eigenvalue weighted by Crippen LogP contribution is 2.18. The molecule has 3 heterocycles. The first-order valence-electron chi connectivity index (χ1n) is 9.13. The molecule has 1 aliphatic heterocycles. The van der Waals surface area contributed by atoms with Crippen molar-refractivity contribution in [1.29, 1.82) is 0 Å². The lowest BCUT2D eigenvalue weighted by Crippen LogP contribution is -2.50. The van der Waals surface area contributed by atoms with Gasteiger partial charge in [0.1, 0.15) is 6.26 Å². The molecule has 1 saturated heterocycles. The SMILES string of the molecule is CN(C)CCn1cc(NC(=O)CC2CN(C(=O)c3ccon3)CCS2(=O)=O)cn1. The number of carbonyl (C=O) groups is 2. The highest BCUT2D eigenvalue weighted by atomic mass is 32.2. The quantitative estimate of drug-likeness (QED) is 0.641. The van der Waals surface area contributed by atoms with E-state index < -0.39 is 26.9 Å². The molecule has 0 bridgehead atoms. The zero-order valence-corrected chi connectivity index (χ0v) is 17.1. The Bertz CT molecular complexity index is 953. The molecule has 0 saturated carbocycles. The molecular weight excluding hydrogens is 400 g/mol. The van der Waals surface area contributed by atoms with Gasteiger partial charge in [-0.25, -0.2) is 8.42 Å². The Morgan fingerprint density at radius 2 is 2.17 bits per heavy atom.